The van der Waals surface area contributed by atoms with Crippen molar-refractivity contribution in [3.63, 3.8) is 0 Å². The molecule has 0 aliphatic rings. The first-order chi connectivity index (χ1) is 5.20. The first-order valence-corrected chi connectivity index (χ1v) is 3.88. The molecule has 64 valence electrons. The van der Waals surface area contributed by atoms with E-state index in [1.54, 1.807) is 0 Å². The summed E-state index contributed by atoms with van der Waals surface area (Å²) in [6.45, 7) is 7.70. The quantitative estimate of drug-likeness (QED) is 0.599. The van der Waals surface area contributed by atoms with Gasteiger partial charge < -0.3 is 10.2 Å². The Labute approximate surface area is 69.6 Å². The molecule has 0 aliphatic carbocycles. The number of nitrogens with zero attached hydrogens (tertiary/aromatic N) is 1. The van der Waals surface area contributed by atoms with Crippen LogP contribution in [0.3, 0.4) is 0 Å². The topological polar surface area (TPSA) is 15.3 Å². The summed E-state index contributed by atoms with van der Waals surface area (Å²) in [6.07, 6.45) is 3.85. The van der Waals surface area contributed by atoms with Gasteiger partial charge in [0.1, 0.15) is 0 Å². The van der Waals surface area contributed by atoms with Crippen LogP contribution < -0.4 is 5.32 Å². The molecule has 11 heavy (non-hydrogen) atoms. The van der Waals surface area contributed by atoms with Crippen LogP contribution in [-0.2, 0) is 0 Å². The van der Waals surface area contributed by atoms with Crippen LogP contribution in [0, 0.1) is 0 Å². The molecular weight excluding hydrogens is 136 g/mol. The zero-order valence-electron chi connectivity index (χ0n) is 7.72. The molecule has 0 aliphatic heterocycles. The summed E-state index contributed by atoms with van der Waals surface area (Å²) in [5.41, 5.74) is 1.10. The molecule has 0 saturated heterocycles. The third kappa shape index (κ3) is 5.67. The Balaban J connectivity index is 3.45. The fourth-order valence-electron chi connectivity index (χ4n) is 0.716. The smallest absolute Gasteiger partial charge is 0.0291 e. The van der Waals surface area contributed by atoms with E-state index in [0.29, 0.717) is 0 Å². The summed E-state index contributed by atoms with van der Waals surface area (Å²) in [4.78, 5) is 2.14. The molecule has 1 N–H and O–H groups in total. The standard InChI is InChI=1S/C9H18N2/c1-5-9(6-2)10-7-8-11(3)4/h5-6,10H,1,7-8H2,2-4H3/b9-6+. The highest BCUT2D eigenvalue weighted by atomic mass is 15.1. The number of likely N-dealkylation sites (N-methyl/N-ethyl adjacent to an activating group) is 1. The molecule has 0 radical (unpaired) electrons. The summed E-state index contributed by atoms with van der Waals surface area (Å²) >= 11 is 0. The van der Waals surface area contributed by atoms with Gasteiger partial charge in [-0.15, -0.1) is 0 Å². The van der Waals surface area contributed by atoms with Gasteiger partial charge in [-0.25, -0.2) is 0 Å². The van der Waals surface area contributed by atoms with E-state index in [4.69, 9.17) is 0 Å². The van der Waals surface area contributed by atoms with Crippen molar-refractivity contribution in [1.82, 2.24) is 10.2 Å². The molecule has 0 aromatic rings. The van der Waals surface area contributed by atoms with Crippen molar-refractivity contribution in [3.8, 4) is 0 Å². The van der Waals surface area contributed by atoms with Gasteiger partial charge in [-0.05, 0) is 27.1 Å². The van der Waals surface area contributed by atoms with Crippen LogP contribution in [0.1, 0.15) is 6.92 Å². The monoisotopic (exact) mass is 154 g/mol. The zero-order valence-corrected chi connectivity index (χ0v) is 7.72. The van der Waals surface area contributed by atoms with Crippen LogP contribution >= 0.6 is 0 Å². The molecule has 2 nitrogen and oxygen atoms in total. The normalized spacial score (nSPS) is 11.8. The van der Waals surface area contributed by atoms with Gasteiger partial charge in [0.25, 0.3) is 0 Å². The molecule has 0 aromatic heterocycles. The second kappa shape index (κ2) is 5.98. The van der Waals surface area contributed by atoms with E-state index in [-0.39, 0.29) is 0 Å². The molecule has 0 amide bonds. The highest BCUT2D eigenvalue weighted by Gasteiger charge is 1.89. The van der Waals surface area contributed by atoms with Crippen molar-refractivity contribution in [2.75, 3.05) is 27.2 Å². The van der Waals surface area contributed by atoms with Crippen LogP contribution in [-0.4, -0.2) is 32.1 Å². The van der Waals surface area contributed by atoms with E-state index >= 15 is 0 Å². The molecule has 0 rings (SSSR count). The maximum Gasteiger partial charge on any atom is 0.0291 e. The lowest BCUT2D eigenvalue weighted by Crippen LogP contribution is -2.25. The average molecular weight is 154 g/mol. The predicted octanol–water partition coefficient (Wildman–Crippen LogP) is 1.23. The van der Waals surface area contributed by atoms with Crippen molar-refractivity contribution >= 4 is 0 Å². The Hall–Kier alpha value is -0.760. The number of hydrogen-bond donors (Lipinski definition) is 1. The third-order valence-corrected chi connectivity index (χ3v) is 1.42. The molecule has 0 heterocycles. The van der Waals surface area contributed by atoms with Gasteiger partial charge in [-0.3, -0.25) is 0 Å². The van der Waals surface area contributed by atoms with E-state index in [1.807, 2.05) is 19.1 Å². The second-order valence-electron chi connectivity index (χ2n) is 2.68. The number of rotatable bonds is 5. The minimum Gasteiger partial charge on any atom is -0.384 e. The summed E-state index contributed by atoms with van der Waals surface area (Å²) in [6, 6.07) is 0. The van der Waals surface area contributed by atoms with Crippen molar-refractivity contribution in [1.29, 1.82) is 0 Å². The molecule has 0 unspecified atom stereocenters. The van der Waals surface area contributed by atoms with Crippen molar-refractivity contribution in [3.05, 3.63) is 24.4 Å². The predicted molar refractivity (Wildman–Crippen MR) is 50.5 cm³/mol. The summed E-state index contributed by atoms with van der Waals surface area (Å²) in [5, 5.41) is 3.25. The molecule has 0 spiro atoms. The molecule has 0 saturated carbocycles. The SMILES string of the molecule is C=C/C(=C\C)NCCN(C)C. The summed E-state index contributed by atoms with van der Waals surface area (Å²) in [7, 11) is 4.12. The van der Waals surface area contributed by atoms with Gasteiger partial charge in [-0.2, -0.15) is 0 Å². The van der Waals surface area contributed by atoms with Crippen LogP contribution in [0.25, 0.3) is 0 Å². The summed E-state index contributed by atoms with van der Waals surface area (Å²) in [5.74, 6) is 0. The van der Waals surface area contributed by atoms with Crippen LogP contribution in [0.5, 0.6) is 0 Å². The van der Waals surface area contributed by atoms with E-state index in [9.17, 15) is 0 Å². The first kappa shape index (κ1) is 10.2. The van der Waals surface area contributed by atoms with Crippen molar-refractivity contribution < 1.29 is 0 Å². The molecule has 0 aromatic carbocycles. The van der Waals surface area contributed by atoms with Crippen LogP contribution in [0.2, 0.25) is 0 Å². The lowest BCUT2D eigenvalue weighted by Gasteiger charge is -2.11. The fourth-order valence-corrected chi connectivity index (χ4v) is 0.716. The zero-order chi connectivity index (χ0) is 8.69. The molecular formula is C9H18N2. The lowest BCUT2D eigenvalue weighted by molar-refractivity contribution is 0.408. The van der Waals surface area contributed by atoms with E-state index < -0.39 is 0 Å². The maximum absolute atomic E-state index is 3.69. The Morgan fingerprint density at radius 1 is 1.55 bits per heavy atom. The van der Waals surface area contributed by atoms with Crippen molar-refractivity contribution in [2.45, 2.75) is 6.92 Å². The van der Waals surface area contributed by atoms with Crippen molar-refractivity contribution in [2.24, 2.45) is 0 Å². The fraction of sp³-hybridized carbons (Fsp3) is 0.556. The number of nitrogens with one attached hydrogen (secondary N) is 1. The van der Waals surface area contributed by atoms with Gasteiger partial charge in [-0.1, -0.05) is 12.7 Å². The Bertz CT molecular complexity index is 136. The van der Waals surface area contributed by atoms with Crippen LogP contribution in [0.4, 0.5) is 0 Å². The molecule has 0 atom stereocenters. The molecule has 2 heteroatoms. The lowest BCUT2D eigenvalue weighted by atomic mass is 10.4. The van der Waals surface area contributed by atoms with Gasteiger partial charge >= 0.3 is 0 Å². The van der Waals surface area contributed by atoms with Gasteiger partial charge in [0.05, 0.1) is 0 Å². The van der Waals surface area contributed by atoms with E-state index in [2.05, 4.69) is 30.9 Å². The minimum atomic E-state index is 0.971. The largest absolute Gasteiger partial charge is 0.384 e. The Kier molecular flexibility index (Phi) is 5.57. The number of hydrogen-bond acceptors (Lipinski definition) is 2. The highest BCUT2D eigenvalue weighted by molar-refractivity contribution is 5.12. The molecule has 0 fully saturated rings. The Morgan fingerprint density at radius 2 is 2.18 bits per heavy atom. The average Bonchev–Trinajstić information content (AvgIpc) is 1.98. The third-order valence-electron chi connectivity index (χ3n) is 1.42. The maximum atomic E-state index is 3.69. The van der Waals surface area contributed by atoms with E-state index in [0.717, 1.165) is 18.8 Å². The number of allylic oxidation sites excluding steroid dienone is 2. The van der Waals surface area contributed by atoms with E-state index in [1.165, 1.54) is 0 Å². The highest BCUT2D eigenvalue weighted by Crippen LogP contribution is 1.87. The minimum absolute atomic E-state index is 0.971. The van der Waals surface area contributed by atoms with Crippen LogP contribution in [0.15, 0.2) is 24.4 Å². The second-order valence-corrected chi connectivity index (χ2v) is 2.68. The van der Waals surface area contributed by atoms with Gasteiger partial charge in [0, 0.05) is 18.8 Å². The summed E-state index contributed by atoms with van der Waals surface area (Å²) < 4.78 is 0. The first-order valence-electron chi connectivity index (χ1n) is 3.88. The molecule has 0 bridgehead atoms. The Morgan fingerprint density at radius 3 is 2.55 bits per heavy atom. The van der Waals surface area contributed by atoms with Gasteiger partial charge in [0.15, 0.2) is 0 Å². The van der Waals surface area contributed by atoms with Gasteiger partial charge in [0.2, 0.25) is 0 Å².